The second-order valence-electron chi connectivity index (χ2n) is 6.48. The van der Waals surface area contributed by atoms with Crippen LogP contribution >= 0.6 is 35.3 Å². The number of amides is 1. The molecule has 5 aromatic rings. The molecule has 3 aromatic carbocycles. The molecule has 0 saturated carbocycles. The van der Waals surface area contributed by atoms with Gasteiger partial charge in [-0.05, 0) is 47.3 Å². The van der Waals surface area contributed by atoms with Crippen molar-refractivity contribution < 1.29 is 4.79 Å². The molecule has 0 spiro atoms. The first kappa shape index (κ1) is 18.7. The van der Waals surface area contributed by atoms with Gasteiger partial charge >= 0.3 is 0 Å². The summed E-state index contributed by atoms with van der Waals surface area (Å²) in [5, 5.41) is 10.8. The number of rotatable bonds is 3. The van der Waals surface area contributed by atoms with Gasteiger partial charge in [-0.15, -0.1) is 11.3 Å². The highest BCUT2D eigenvalue weighted by atomic mass is 32.1. The van der Waals surface area contributed by atoms with E-state index in [2.05, 4.69) is 48.6 Å². The standard InChI is InChI=1S/C21H13N5OS3/c27-19(15-7-8-16-17(10-15)26-30-25-16)23-20(28)24-21-22-18(11-29-21)14-6-5-12-3-1-2-4-13(12)9-14/h1-11H,(H2,22,23,24,27,28). The molecule has 0 atom stereocenters. The average Bonchev–Trinajstić information content (AvgIpc) is 3.42. The minimum absolute atomic E-state index is 0.191. The van der Waals surface area contributed by atoms with E-state index in [9.17, 15) is 4.79 Å². The SMILES string of the molecule is O=C(NC(=S)Nc1nc(-c2ccc3ccccc3c2)cs1)c1ccc2nsnc2c1. The van der Waals surface area contributed by atoms with E-state index < -0.39 is 0 Å². The second kappa shape index (κ2) is 7.86. The summed E-state index contributed by atoms with van der Waals surface area (Å²) in [7, 11) is 0. The molecule has 1 amide bonds. The number of aromatic nitrogens is 3. The molecule has 0 saturated heterocycles. The minimum atomic E-state index is -0.311. The lowest BCUT2D eigenvalue weighted by atomic mass is 10.1. The Bertz CT molecular complexity index is 1410. The zero-order valence-corrected chi connectivity index (χ0v) is 17.8. The van der Waals surface area contributed by atoms with Gasteiger partial charge in [-0.3, -0.25) is 10.1 Å². The third kappa shape index (κ3) is 3.78. The van der Waals surface area contributed by atoms with Crippen molar-refractivity contribution in [2.45, 2.75) is 0 Å². The van der Waals surface area contributed by atoms with Crippen LogP contribution in [0.15, 0.2) is 66.0 Å². The van der Waals surface area contributed by atoms with Crippen LogP contribution < -0.4 is 10.6 Å². The molecule has 30 heavy (non-hydrogen) atoms. The molecule has 9 heteroatoms. The quantitative estimate of drug-likeness (QED) is 0.375. The number of nitrogens with one attached hydrogen (secondary N) is 2. The fourth-order valence-corrected chi connectivity index (χ4v) is 4.53. The van der Waals surface area contributed by atoms with Crippen LogP contribution in [-0.2, 0) is 0 Å². The first-order chi connectivity index (χ1) is 14.7. The van der Waals surface area contributed by atoms with E-state index in [4.69, 9.17) is 12.2 Å². The van der Waals surface area contributed by atoms with Crippen LogP contribution in [0.1, 0.15) is 10.4 Å². The second-order valence-corrected chi connectivity index (χ2v) is 8.27. The first-order valence-electron chi connectivity index (χ1n) is 8.95. The molecule has 0 aliphatic rings. The van der Waals surface area contributed by atoms with Crippen LogP contribution in [0.2, 0.25) is 0 Å². The van der Waals surface area contributed by atoms with E-state index >= 15 is 0 Å². The normalized spacial score (nSPS) is 10.9. The number of carbonyl (C=O) groups is 1. The Morgan fingerprint density at radius 3 is 2.67 bits per heavy atom. The summed E-state index contributed by atoms with van der Waals surface area (Å²) in [5.41, 5.74) is 3.80. The van der Waals surface area contributed by atoms with Gasteiger partial charge in [-0.25, -0.2) is 4.98 Å². The Kier molecular flexibility index (Phi) is 4.91. The Hall–Kier alpha value is -3.27. The lowest BCUT2D eigenvalue weighted by Crippen LogP contribution is -2.34. The molecule has 0 unspecified atom stereocenters. The number of benzene rings is 3. The molecule has 146 valence electrons. The topological polar surface area (TPSA) is 79.8 Å². The number of carbonyl (C=O) groups excluding carboxylic acids is 1. The highest BCUT2D eigenvalue weighted by Gasteiger charge is 2.12. The molecule has 2 N–H and O–H groups in total. The average molecular weight is 448 g/mol. The van der Waals surface area contributed by atoms with Gasteiger partial charge in [0.1, 0.15) is 11.0 Å². The Morgan fingerprint density at radius 1 is 0.933 bits per heavy atom. The molecule has 6 nitrogen and oxygen atoms in total. The number of hydrogen-bond donors (Lipinski definition) is 2. The van der Waals surface area contributed by atoms with Gasteiger partial charge < -0.3 is 5.32 Å². The molecular weight excluding hydrogens is 434 g/mol. The maximum atomic E-state index is 12.5. The van der Waals surface area contributed by atoms with Crippen molar-refractivity contribution in [3.05, 3.63) is 71.6 Å². The Labute approximate surface area is 184 Å². The van der Waals surface area contributed by atoms with Crippen molar-refractivity contribution in [1.82, 2.24) is 19.0 Å². The highest BCUT2D eigenvalue weighted by molar-refractivity contribution is 7.80. The molecule has 0 fully saturated rings. The maximum Gasteiger partial charge on any atom is 0.257 e. The summed E-state index contributed by atoms with van der Waals surface area (Å²) in [6.45, 7) is 0. The number of thiocarbonyl (C=S) groups is 1. The van der Waals surface area contributed by atoms with Crippen molar-refractivity contribution >= 4 is 73.2 Å². The summed E-state index contributed by atoms with van der Waals surface area (Å²) in [4.78, 5) is 17.1. The van der Waals surface area contributed by atoms with Crippen molar-refractivity contribution in [2.24, 2.45) is 0 Å². The van der Waals surface area contributed by atoms with Crippen LogP contribution in [0, 0.1) is 0 Å². The highest BCUT2D eigenvalue weighted by Crippen LogP contribution is 2.27. The van der Waals surface area contributed by atoms with Gasteiger partial charge in [-0.1, -0.05) is 36.4 Å². The van der Waals surface area contributed by atoms with E-state index in [1.807, 2.05) is 23.6 Å². The van der Waals surface area contributed by atoms with E-state index in [0.29, 0.717) is 16.2 Å². The number of nitrogens with zero attached hydrogens (tertiary/aromatic N) is 3. The number of thiazole rings is 1. The fourth-order valence-electron chi connectivity index (χ4n) is 3.04. The summed E-state index contributed by atoms with van der Waals surface area (Å²) in [6.07, 6.45) is 0. The Balaban J connectivity index is 1.28. The minimum Gasteiger partial charge on any atom is -0.308 e. The molecule has 2 heterocycles. The van der Waals surface area contributed by atoms with Crippen LogP contribution in [0.4, 0.5) is 5.13 Å². The van der Waals surface area contributed by atoms with Crippen molar-refractivity contribution in [3.8, 4) is 11.3 Å². The first-order valence-corrected chi connectivity index (χ1v) is 11.0. The van der Waals surface area contributed by atoms with Crippen LogP contribution in [0.3, 0.4) is 0 Å². The number of anilines is 1. The molecule has 0 aliphatic carbocycles. The van der Waals surface area contributed by atoms with Crippen LogP contribution in [0.5, 0.6) is 0 Å². The predicted octanol–water partition coefficient (Wildman–Crippen LogP) is 5.09. The van der Waals surface area contributed by atoms with Crippen molar-refractivity contribution in [1.29, 1.82) is 0 Å². The van der Waals surface area contributed by atoms with E-state index in [-0.39, 0.29) is 11.0 Å². The lowest BCUT2D eigenvalue weighted by Gasteiger charge is -2.07. The van der Waals surface area contributed by atoms with Gasteiger partial charge in [0.05, 0.1) is 17.4 Å². The zero-order chi connectivity index (χ0) is 20.5. The maximum absolute atomic E-state index is 12.5. The molecule has 0 bridgehead atoms. The molecule has 2 aromatic heterocycles. The van der Waals surface area contributed by atoms with Crippen LogP contribution in [0.25, 0.3) is 33.1 Å². The summed E-state index contributed by atoms with van der Waals surface area (Å²) in [5.74, 6) is -0.311. The van der Waals surface area contributed by atoms with Gasteiger partial charge in [0.25, 0.3) is 5.91 Å². The van der Waals surface area contributed by atoms with Gasteiger partial charge in [-0.2, -0.15) is 8.75 Å². The Morgan fingerprint density at radius 2 is 1.77 bits per heavy atom. The van der Waals surface area contributed by atoms with E-state index in [1.54, 1.807) is 18.2 Å². The van der Waals surface area contributed by atoms with E-state index in [0.717, 1.165) is 33.9 Å². The van der Waals surface area contributed by atoms with E-state index in [1.165, 1.54) is 16.7 Å². The number of fused-ring (bicyclic) bond motifs is 2. The van der Waals surface area contributed by atoms with Crippen LogP contribution in [-0.4, -0.2) is 24.8 Å². The number of hydrogen-bond acceptors (Lipinski definition) is 7. The molecular formula is C21H13N5OS3. The van der Waals surface area contributed by atoms with Crippen molar-refractivity contribution in [2.75, 3.05) is 5.32 Å². The third-order valence-corrected chi connectivity index (χ3v) is 6.03. The van der Waals surface area contributed by atoms with Gasteiger partial charge in [0.2, 0.25) is 0 Å². The van der Waals surface area contributed by atoms with Crippen molar-refractivity contribution in [3.63, 3.8) is 0 Å². The smallest absolute Gasteiger partial charge is 0.257 e. The molecule has 0 radical (unpaired) electrons. The predicted molar refractivity (Wildman–Crippen MR) is 126 cm³/mol. The zero-order valence-electron chi connectivity index (χ0n) is 15.3. The van der Waals surface area contributed by atoms with Gasteiger partial charge in [0, 0.05) is 16.5 Å². The lowest BCUT2D eigenvalue weighted by molar-refractivity contribution is 0.0978. The summed E-state index contributed by atoms with van der Waals surface area (Å²) < 4.78 is 8.29. The molecule has 5 rings (SSSR count). The fraction of sp³-hybridized carbons (Fsp3) is 0. The van der Waals surface area contributed by atoms with Gasteiger partial charge in [0.15, 0.2) is 10.2 Å². The summed E-state index contributed by atoms with van der Waals surface area (Å²) in [6, 6.07) is 19.6. The molecule has 0 aliphatic heterocycles. The largest absolute Gasteiger partial charge is 0.308 e. The summed E-state index contributed by atoms with van der Waals surface area (Å²) >= 11 is 7.82. The third-order valence-electron chi connectivity index (χ3n) is 4.51. The monoisotopic (exact) mass is 447 g/mol.